The summed E-state index contributed by atoms with van der Waals surface area (Å²) in [6, 6.07) is 9.46. The highest BCUT2D eigenvalue weighted by molar-refractivity contribution is 7.88. The van der Waals surface area contributed by atoms with Crippen LogP contribution in [0.1, 0.15) is 5.56 Å². The minimum atomic E-state index is -3.46. The zero-order chi connectivity index (χ0) is 22.6. The molecule has 2 saturated heterocycles. The second-order valence-corrected chi connectivity index (χ2v) is 10.0. The number of benzene rings is 1. The van der Waals surface area contributed by atoms with Gasteiger partial charge in [0.1, 0.15) is 5.82 Å². The molecule has 0 aliphatic carbocycles. The molecule has 1 N–H and O–H groups in total. The van der Waals surface area contributed by atoms with E-state index in [0.717, 1.165) is 37.8 Å². The Morgan fingerprint density at radius 1 is 0.812 bits per heavy atom. The Morgan fingerprint density at radius 3 is 1.84 bits per heavy atom. The predicted molar refractivity (Wildman–Crippen MR) is 121 cm³/mol. The molecular weight excluding hydrogens is 435 g/mol. The Hall–Kier alpha value is -2.34. The van der Waals surface area contributed by atoms with Gasteiger partial charge < -0.3 is 14.9 Å². The molecule has 4 rings (SSSR count). The Kier molecular flexibility index (Phi) is 7.19. The molecule has 0 atom stereocenters. The Balaban J connectivity index is 1.30. The first-order valence-corrected chi connectivity index (χ1v) is 12.4. The molecule has 0 bridgehead atoms. The zero-order valence-corrected chi connectivity index (χ0v) is 18.8. The van der Waals surface area contributed by atoms with E-state index in [4.69, 9.17) is 5.11 Å². The summed E-state index contributed by atoms with van der Waals surface area (Å²) >= 11 is 0. The van der Waals surface area contributed by atoms with Crippen LogP contribution < -0.4 is 9.80 Å². The van der Waals surface area contributed by atoms with Gasteiger partial charge in [-0.15, -0.1) is 10.2 Å². The quantitative estimate of drug-likeness (QED) is 0.629. The van der Waals surface area contributed by atoms with Crippen LogP contribution in [0.3, 0.4) is 0 Å². The van der Waals surface area contributed by atoms with Crippen LogP contribution in [0.4, 0.5) is 16.0 Å². The number of halogens is 1. The maximum Gasteiger partial charge on any atom is 0.218 e. The number of aliphatic hydroxyl groups is 1. The molecule has 2 aliphatic rings. The Morgan fingerprint density at radius 2 is 1.34 bits per heavy atom. The number of piperazine rings is 2. The van der Waals surface area contributed by atoms with Crippen LogP contribution in [-0.4, -0.2) is 98.4 Å². The molecule has 0 spiro atoms. The molecular formula is C21H29FN6O3S. The van der Waals surface area contributed by atoms with Crippen LogP contribution >= 0.6 is 0 Å². The number of sulfonamides is 1. The summed E-state index contributed by atoms with van der Waals surface area (Å²) in [4.78, 5) is 6.45. The number of anilines is 2. The molecule has 0 saturated carbocycles. The average molecular weight is 465 g/mol. The normalized spacial score (nSPS) is 18.8. The number of rotatable bonds is 7. The van der Waals surface area contributed by atoms with E-state index < -0.39 is 10.0 Å². The molecule has 1 aromatic carbocycles. The van der Waals surface area contributed by atoms with E-state index in [1.54, 1.807) is 0 Å². The van der Waals surface area contributed by atoms with Gasteiger partial charge >= 0.3 is 0 Å². The summed E-state index contributed by atoms with van der Waals surface area (Å²) in [5.74, 6) is 1.06. The monoisotopic (exact) mass is 464 g/mol. The van der Waals surface area contributed by atoms with Crippen LogP contribution in [0, 0.1) is 5.82 Å². The van der Waals surface area contributed by atoms with Crippen LogP contribution in [0.25, 0.3) is 0 Å². The van der Waals surface area contributed by atoms with E-state index in [1.165, 1.54) is 28.6 Å². The lowest BCUT2D eigenvalue weighted by molar-refractivity contribution is 0.188. The van der Waals surface area contributed by atoms with E-state index in [2.05, 4.69) is 20.0 Å². The van der Waals surface area contributed by atoms with Crippen molar-refractivity contribution in [2.75, 3.05) is 75.3 Å². The van der Waals surface area contributed by atoms with E-state index >= 15 is 0 Å². The standard InChI is InChI=1S/C21H29FN6O3S/c22-19-3-1-18(2-4-19)17-32(30,31)28-13-11-27(12-14-28)21-6-5-20(23-24-21)26-9-7-25(8-10-26)15-16-29/h1-6,29H,7-17H2. The van der Waals surface area contributed by atoms with Gasteiger partial charge in [-0.1, -0.05) is 12.1 Å². The zero-order valence-electron chi connectivity index (χ0n) is 18.0. The Bertz CT molecular complexity index is 974. The summed E-state index contributed by atoms with van der Waals surface area (Å²) < 4.78 is 40.0. The lowest BCUT2D eigenvalue weighted by Gasteiger charge is -2.36. The third-order valence-electron chi connectivity index (χ3n) is 5.97. The summed E-state index contributed by atoms with van der Waals surface area (Å²) in [6.07, 6.45) is 0. The van der Waals surface area contributed by atoms with Crippen molar-refractivity contribution in [1.82, 2.24) is 19.4 Å². The fourth-order valence-corrected chi connectivity index (χ4v) is 5.59. The van der Waals surface area contributed by atoms with Crippen LogP contribution in [0.15, 0.2) is 36.4 Å². The van der Waals surface area contributed by atoms with Crippen molar-refractivity contribution in [2.45, 2.75) is 5.75 Å². The van der Waals surface area contributed by atoms with Gasteiger partial charge in [0, 0.05) is 58.9 Å². The highest BCUT2D eigenvalue weighted by atomic mass is 32.2. The molecule has 1 aromatic heterocycles. The summed E-state index contributed by atoms with van der Waals surface area (Å²) in [7, 11) is -3.46. The molecule has 32 heavy (non-hydrogen) atoms. The van der Waals surface area contributed by atoms with Crippen molar-refractivity contribution in [3.8, 4) is 0 Å². The molecule has 11 heteroatoms. The number of β-amino-alcohol motifs (C(OH)–C–C–N with tert-alkyl or cyclic N) is 1. The predicted octanol–water partition coefficient (Wildman–Crippen LogP) is 0.382. The third-order valence-corrected chi connectivity index (χ3v) is 7.82. The molecule has 9 nitrogen and oxygen atoms in total. The number of hydrogen-bond acceptors (Lipinski definition) is 8. The first kappa shape index (κ1) is 22.8. The van der Waals surface area contributed by atoms with Gasteiger partial charge in [-0.25, -0.2) is 12.8 Å². The van der Waals surface area contributed by atoms with Gasteiger partial charge in [0.15, 0.2) is 11.6 Å². The van der Waals surface area contributed by atoms with Gasteiger partial charge in [0.25, 0.3) is 0 Å². The highest BCUT2D eigenvalue weighted by Crippen LogP contribution is 2.20. The lowest BCUT2D eigenvalue weighted by Crippen LogP contribution is -2.49. The summed E-state index contributed by atoms with van der Waals surface area (Å²) in [5.41, 5.74) is 0.576. The smallest absolute Gasteiger partial charge is 0.218 e. The second kappa shape index (κ2) is 10.1. The molecule has 0 amide bonds. The van der Waals surface area contributed by atoms with Crippen molar-refractivity contribution in [2.24, 2.45) is 0 Å². The van der Waals surface area contributed by atoms with Gasteiger partial charge in [-0.05, 0) is 29.8 Å². The SMILES string of the molecule is O=S(=O)(Cc1ccc(F)cc1)N1CCN(c2ccc(N3CCN(CCO)CC3)nn2)CC1. The largest absolute Gasteiger partial charge is 0.395 e. The number of nitrogens with zero attached hydrogens (tertiary/aromatic N) is 6. The molecule has 2 aromatic rings. The van der Waals surface area contributed by atoms with E-state index in [-0.39, 0.29) is 18.2 Å². The van der Waals surface area contributed by atoms with Crippen LogP contribution in [0.2, 0.25) is 0 Å². The first-order valence-electron chi connectivity index (χ1n) is 10.8. The minimum Gasteiger partial charge on any atom is -0.395 e. The number of hydrogen-bond donors (Lipinski definition) is 1. The van der Waals surface area contributed by atoms with Crippen molar-refractivity contribution in [3.05, 3.63) is 47.8 Å². The molecule has 174 valence electrons. The van der Waals surface area contributed by atoms with E-state index in [9.17, 15) is 12.8 Å². The summed E-state index contributed by atoms with van der Waals surface area (Å²) in [5, 5.41) is 17.8. The second-order valence-electron chi connectivity index (χ2n) is 8.07. The lowest BCUT2D eigenvalue weighted by atomic mass is 10.2. The topological polar surface area (TPSA) is 93.1 Å². The maximum absolute atomic E-state index is 13.1. The van der Waals surface area contributed by atoms with E-state index in [0.29, 0.717) is 38.3 Å². The molecule has 2 aliphatic heterocycles. The van der Waals surface area contributed by atoms with Crippen molar-refractivity contribution >= 4 is 21.7 Å². The Labute approximate surface area is 188 Å². The molecule has 2 fully saturated rings. The van der Waals surface area contributed by atoms with Crippen molar-refractivity contribution in [1.29, 1.82) is 0 Å². The van der Waals surface area contributed by atoms with Gasteiger partial charge in [0.05, 0.1) is 12.4 Å². The van der Waals surface area contributed by atoms with Crippen molar-refractivity contribution < 1.29 is 17.9 Å². The fraction of sp³-hybridized carbons (Fsp3) is 0.524. The molecule has 3 heterocycles. The minimum absolute atomic E-state index is 0.132. The number of aliphatic hydroxyl groups excluding tert-OH is 1. The van der Waals surface area contributed by atoms with E-state index in [1.807, 2.05) is 17.0 Å². The van der Waals surface area contributed by atoms with Crippen molar-refractivity contribution in [3.63, 3.8) is 0 Å². The fourth-order valence-electron chi connectivity index (χ4n) is 4.08. The van der Waals surface area contributed by atoms with Gasteiger partial charge in [-0.3, -0.25) is 4.90 Å². The maximum atomic E-state index is 13.1. The van der Waals surface area contributed by atoms with Crippen LogP contribution in [0.5, 0.6) is 0 Å². The van der Waals surface area contributed by atoms with Gasteiger partial charge in [-0.2, -0.15) is 4.31 Å². The first-order chi connectivity index (χ1) is 15.4. The molecule has 0 radical (unpaired) electrons. The molecule has 0 unspecified atom stereocenters. The van der Waals surface area contributed by atoms with Gasteiger partial charge in [0.2, 0.25) is 10.0 Å². The highest BCUT2D eigenvalue weighted by Gasteiger charge is 2.28. The summed E-state index contributed by atoms with van der Waals surface area (Å²) in [6.45, 7) is 6.17. The third kappa shape index (κ3) is 5.52. The average Bonchev–Trinajstić information content (AvgIpc) is 2.81. The number of aromatic nitrogens is 2. The van der Waals surface area contributed by atoms with Crippen LogP contribution in [-0.2, 0) is 15.8 Å².